The Balaban J connectivity index is 0.00000182. The van der Waals surface area contributed by atoms with Gasteiger partial charge in [-0.15, -0.1) is 24.8 Å². The fraction of sp³-hybridized carbons (Fsp3) is 0.381. The molecule has 0 bridgehead atoms. The number of nitrogen functional groups attached to an aromatic ring is 1. The standard InChI is InChI=1S/C21H27N3O.2ClH/c1-16-7-4-5-12-24(16)15-19-9-3-2-8-18(19)14-23-21(25)17-10-6-11-20(22)13-17;;/h2-3,6,8-11,13,16H,4-5,7,12,14-15,22H2,1H3,(H,23,25);2*1H. The highest BCUT2D eigenvalue weighted by Crippen LogP contribution is 2.21. The number of halogens is 2. The van der Waals surface area contributed by atoms with E-state index in [4.69, 9.17) is 5.73 Å². The molecule has 148 valence electrons. The number of amides is 1. The van der Waals surface area contributed by atoms with Crippen LogP contribution in [0.2, 0.25) is 0 Å². The summed E-state index contributed by atoms with van der Waals surface area (Å²) >= 11 is 0. The molecule has 1 heterocycles. The third-order valence-electron chi connectivity index (χ3n) is 5.02. The fourth-order valence-corrected chi connectivity index (χ4v) is 3.45. The van der Waals surface area contributed by atoms with E-state index in [9.17, 15) is 4.79 Å². The van der Waals surface area contributed by atoms with E-state index >= 15 is 0 Å². The van der Waals surface area contributed by atoms with Gasteiger partial charge in [-0.2, -0.15) is 0 Å². The van der Waals surface area contributed by atoms with Gasteiger partial charge in [0.15, 0.2) is 0 Å². The summed E-state index contributed by atoms with van der Waals surface area (Å²) < 4.78 is 0. The number of likely N-dealkylation sites (tertiary alicyclic amines) is 1. The van der Waals surface area contributed by atoms with Crippen LogP contribution in [0.3, 0.4) is 0 Å². The first-order valence-corrected chi connectivity index (χ1v) is 9.08. The Bertz CT molecular complexity index is 739. The Kier molecular flexibility index (Phi) is 9.64. The molecule has 3 N–H and O–H groups in total. The molecule has 2 aromatic rings. The van der Waals surface area contributed by atoms with Crippen molar-refractivity contribution in [1.82, 2.24) is 10.2 Å². The van der Waals surface area contributed by atoms with Crippen molar-refractivity contribution in [3.63, 3.8) is 0 Å². The van der Waals surface area contributed by atoms with E-state index in [0.717, 1.165) is 13.1 Å². The maximum atomic E-state index is 12.3. The Morgan fingerprint density at radius 1 is 1.11 bits per heavy atom. The minimum atomic E-state index is -0.0894. The number of hydrogen-bond acceptors (Lipinski definition) is 3. The van der Waals surface area contributed by atoms with Crippen LogP contribution < -0.4 is 11.1 Å². The van der Waals surface area contributed by atoms with Crippen LogP contribution >= 0.6 is 24.8 Å². The number of nitrogens with two attached hydrogens (primary N) is 1. The molecule has 0 aliphatic carbocycles. The zero-order chi connectivity index (χ0) is 17.6. The lowest BCUT2D eigenvalue weighted by atomic mass is 10.0. The molecule has 6 heteroatoms. The van der Waals surface area contributed by atoms with Crippen LogP contribution in [0.5, 0.6) is 0 Å². The summed E-state index contributed by atoms with van der Waals surface area (Å²) in [6.45, 7) is 4.95. The highest BCUT2D eigenvalue weighted by atomic mass is 35.5. The summed E-state index contributed by atoms with van der Waals surface area (Å²) in [6, 6.07) is 16.1. The second-order valence-electron chi connectivity index (χ2n) is 6.89. The second kappa shape index (κ2) is 11.2. The number of carbonyl (C=O) groups is 1. The molecule has 1 fully saturated rings. The van der Waals surface area contributed by atoms with E-state index in [1.54, 1.807) is 24.3 Å². The number of rotatable bonds is 5. The number of carbonyl (C=O) groups excluding carboxylic acids is 1. The van der Waals surface area contributed by atoms with Crippen molar-refractivity contribution < 1.29 is 4.79 Å². The molecule has 3 rings (SSSR count). The van der Waals surface area contributed by atoms with Gasteiger partial charge in [-0.1, -0.05) is 36.8 Å². The van der Waals surface area contributed by atoms with Gasteiger partial charge in [0.2, 0.25) is 0 Å². The summed E-state index contributed by atoms with van der Waals surface area (Å²) in [7, 11) is 0. The minimum absolute atomic E-state index is 0. The van der Waals surface area contributed by atoms with Gasteiger partial charge in [-0.3, -0.25) is 9.69 Å². The van der Waals surface area contributed by atoms with E-state index in [1.807, 2.05) is 6.07 Å². The minimum Gasteiger partial charge on any atom is -0.399 e. The van der Waals surface area contributed by atoms with Crippen molar-refractivity contribution in [2.24, 2.45) is 0 Å². The van der Waals surface area contributed by atoms with Gasteiger partial charge in [0, 0.05) is 30.4 Å². The Labute approximate surface area is 174 Å². The van der Waals surface area contributed by atoms with E-state index in [-0.39, 0.29) is 30.7 Å². The summed E-state index contributed by atoms with van der Waals surface area (Å²) in [5, 5.41) is 3.02. The molecule has 1 saturated heterocycles. The van der Waals surface area contributed by atoms with Crippen molar-refractivity contribution in [1.29, 1.82) is 0 Å². The Hall–Kier alpha value is -1.75. The molecule has 1 amide bonds. The number of anilines is 1. The lowest BCUT2D eigenvalue weighted by molar-refractivity contribution is 0.0950. The lowest BCUT2D eigenvalue weighted by Crippen LogP contribution is -2.37. The van der Waals surface area contributed by atoms with E-state index in [2.05, 4.69) is 35.3 Å². The smallest absolute Gasteiger partial charge is 0.251 e. The summed E-state index contributed by atoms with van der Waals surface area (Å²) in [6.07, 6.45) is 3.88. The van der Waals surface area contributed by atoms with Crippen LogP contribution in [0.25, 0.3) is 0 Å². The van der Waals surface area contributed by atoms with Crippen molar-refractivity contribution in [2.75, 3.05) is 12.3 Å². The van der Waals surface area contributed by atoms with Crippen molar-refractivity contribution in [2.45, 2.75) is 45.3 Å². The molecular weight excluding hydrogens is 381 g/mol. The number of hydrogen-bond donors (Lipinski definition) is 2. The summed E-state index contributed by atoms with van der Waals surface area (Å²) in [5.74, 6) is -0.0894. The van der Waals surface area contributed by atoms with Gasteiger partial charge < -0.3 is 11.1 Å². The molecule has 2 aromatic carbocycles. The van der Waals surface area contributed by atoms with Gasteiger partial charge in [-0.05, 0) is 55.6 Å². The van der Waals surface area contributed by atoms with Crippen molar-refractivity contribution >= 4 is 36.4 Å². The fourth-order valence-electron chi connectivity index (χ4n) is 3.45. The van der Waals surface area contributed by atoms with Gasteiger partial charge in [0.05, 0.1) is 0 Å². The molecule has 1 unspecified atom stereocenters. The number of piperidine rings is 1. The first kappa shape index (κ1) is 23.3. The molecular formula is C21H29Cl2N3O. The first-order valence-electron chi connectivity index (χ1n) is 9.08. The number of nitrogens with one attached hydrogen (secondary N) is 1. The molecule has 1 aliphatic rings. The monoisotopic (exact) mass is 409 g/mol. The Morgan fingerprint density at radius 2 is 1.85 bits per heavy atom. The van der Waals surface area contributed by atoms with Crippen LogP contribution in [0.15, 0.2) is 48.5 Å². The average molecular weight is 410 g/mol. The first-order chi connectivity index (χ1) is 12.1. The van der Waals surface area contributed by atoms with Crippen LogP contribution in [0, 0.1) is 0 Å². The number of benzene rings is 2. The predicted molar refractivity (Wildman–Crippen MR) is 117 cm³/mol. The Morgan fingerprint density at radius 3 is 2.56 bits per heavy atom. The van der Waals surface area contributed by atoms with Gasteiger partial charge >= 0.3 is 0 Å². The van der Waals surface area contributed by atoms with Crippen molar-refractivity contribution in [3.05, 3.63) is 65.2 Å². The third-order valence-corrected chi connectivity index (χ3v) is 5.02. The van der Waals surface area contributed by atoms with E-state index in [1.165, 1.54) is 30.4 Å². The van der Waals surface area contributed by atoms with Gasteiger partial charge in [0.1, 0.15) is 0 Å². The van der Waals surface area contributed by atoms with Crippen LogP contribution in [-0.4, -0.2) is 23.4 Å². The molecule has 0 aromatic heterocycles. The molecule has 4 nitrogen and oxygen atoms in total. The molecule has 0 radical (unpaired) electrons. The summed E-state index contributed by atoms with van der Waals surface area (Å²) in [5.41, 5.74) is 9.44. The average Bonchev–Trinajstić information content (AvgIpc) is 2.62. The third kappa shape index (κ3) is 6.42. The summed E-state index contributed by atoms with van der Waals surface area (Å²) in [4.78, 5) is 14.9. The molecule has 0 spiro atoms. The number of nitrogens with zero attached hydrogens (tertiary/aromatic N) is 1. The van der Waals surface area contributed by atoms with Crippen LogP contribution in [0.4, 0.5) is 5.69 Å². The zero-order valence-electron chi connectivity index (χ0n) is 15.7. The van der Waals surface area contributed by atoms with Gasteiger partial charge in [0.25, 0.3) is 5.91 Å². The van der Waals surface area contributed by atoms with Gasteiger partial charge in [-0.25, -0.2) is 0 Å². The van der Waals surface area contributed by atoms with E-state index in [0.29, 0.717) is 23.8 Å². The largest absolute Gasteiger partial charge is 0.399 e. The maximum Gasteiger partial charge on any atom is 0.251 e. The molecule has 27 heavy (non-hydrogen) atoms. The maximum absolute atomic E-state index is 12.3. The second-order valence-corrected chi connectivity index (χ2v) is 6.89. The lowest BCUT2D eigenvalue weighted by Gasteiger charge is -2.33. The highest BCUT2D eigenvalue weighted by molar-refractivity contribution is 5.94. The SMILES string of the molecule is CC1CCCCN1Cc1ccccc1CNC(=O)c1cccc(N)c1.Cl.Cl. The molecule has 0 saturated carbocycles. The molecule has 1 aliphatic heterocycles. The van der Waals surface area contributed by atoms with Crippen LogP contribution in [0.1, 0.15) is 47.7 Å². The topological polar surface area (TPSA) is 58.4 Å². The predicted octanol–water partition coefficient (Wildman–Crippen LogP) is 4.42. The highest BCUT2D eigenvalue weighted by Gasteiger charge is 2.19. The normalized spacial score (nSPS) is 16.7. The zero-order valence-corrected chi connectivity index (χ0v) is 17.3. The van der Waals surface area contributed by atoms with E-state index < -0.39 is 0 Å². The molecule has 1 atom stereocenters. The quantitative estimate of drug-likeness (QED) is 0.718. The van der Waals surface area contributed by atoms with Crippen LogP contribution in [-0.2, 0) is 13.1 Å². The van der Waals surface area contributed by atoms with Crippen molar-refractivity contribution in [3.8, 4) is 0 Å².